The number of halogens is 1. The third kappa shape index (κ3) is 13.4. The fourth-order valence-electron chi connectivity index (χ4n) is 9.42. The molecule has 1 saturated heterocycles. The molecule has 2 amide bonds. The first-order valence-corrected chi connectivity index (χ1v) is 27.2. The number of ether oxygens (including phenoxy) is 2. The number of carbonyl (C=O) groups is 4. The second-order valence-electron chi connectivity index (χ2n) is 23.1. The first-order chi connectivity index (χ1) is 36.8. The van der Waals surface area contributed by atoms with Crippen LogP contribution in [0.1, 0.15) is 123 Å². The zero-order valence-electron chi connectivity index (χ0n) is 46.1. The number of carbonyl (C=O) groups excluding carboxylic acids is 4. The highest BCUT2D eigenvalue weighted by molar-refractivity contribution is 9.10. The Balaban J connectivity index is 0.000000148. The predicted molar refractivity (Wildman–Crippen MR) is 300 cm³/mol. The van der Waals surface area contributed by atoms with Crippen molar-refractivity contribution >= 4 is 86.7 Å². The van der Waals surface area contributed by atoms with E-state index in [1.807, 2.05) is 112 Å². The molecular weight excluding hydrogens is 1060 g/mol. The number of ketones is 2. The van der Waals surface area contributed by atoms with Crippen LogP contribution in [0.4, 0.5) is 32.6 Å². The molecule has 3 aliphatic heterocycles. The monoisotopic (exact) mass is 1130 g/mol. The highest BCUT2D eigenvalue weighted by Gasteiger charge is 2.53. The number of hydrogen-bond donors (Lipinski definition) is 2. The van der Waals surface area contributed by atoms with Gasteiger partial charge < -0.3 is 39.2 Å². The van der Waals surface area contributed by atoms with Gasteiger partial charge in [-0.25, -0.2) is 38.6 Å². The summed E-state index contributed by atoms with van der Waals surface area (Å²) in [6.45, 7) is 21.1. The zero-order valence-corrected chi connectivity index (χ0v) is 47.7. The summed E-state index contributed by atoms with van der Waals surface area (Å²) in [7, 11) is -0.387. The molecule has 5 aliphatic rings. The van der Waals surface area contributed by atoms with Crippen molar-refractivity contribution < 1.29 is 38.0 Å². The maximum atomic E-state index is 12.5. The minimum Gasteiger partial charge on any atom is -0.444 e. The van der Waals surface area contributed by atoms with Gasteiger partial charge in [0.1, 0.15) is 40.0 Å². The van der Waals surface area contributed by atoms with E-state index >= 15 is 0 Å². The van der Waals surface area contributed by atoms with Gasteiger partial charge in [-0.1, -0.05) is 24.3 Å². The van der Waals surface area contributed by atoms with Gasteiger partial charge in [-0.3, -0.25) is 9.59 Å². The summed E-state index contributed by atoms with van der Waals surface area (Å²) >= 11 is 3.38. The van der Waals surface area contributed by atoms with E-state index < -0.39 is 11.2 Å². The van der Waals surface area contributed by atoms with Crippen molar-refractivity contribution in [2.75, 3.05) is 36.8 Å². The molecule has 0 unspecified atom stereocenters. The van der Waals surface area contributed by atoms with Crippen molar-refractivity contribution in [2.24, 2.45) is 0 Å². The van der Waals surface area contributed by atoms with Gasteiger partial charge in [-0.15, -0.1) is 0 Å². The first kappa shape index (κ1) is 55.7. The smallest absolute Gasteiger partial charge is 0.444 e. The Morgan fingerprint density at radius 1 is 0.654 bits per heavy atom. The molecule has 7 heterocycles. The number of aromatic nitrogens is 8. The number of fused-ring (bicyclic) bond motifs is 4. The van der Waals surface area contributed by atoms with Gasteiger partial charge >= 0.3 is 19.3 Å². The summed E-state index contributed by atoms with van der Waals surface area (Å²) in [6.07, 6.45) is 15.9. The number of hydrogen-bond acceptors (Lipinski definition) is 16. The molecule has 0 bridgehead atoms. The molecule has 0 atom stereocenters. The fourth-order valence-corrected chi connectivity index (χ4v) is 9.79. The lowest BCUT2D eigenvalue weighted by atomic mass is 9.79. The average Bonchev–Trinajstić information content (AvgIpc) is 4.21. The van der Waals surface area contributed by atoms with E-state index in [1.165, 1.54) is 23.8 Å². The van der Waals surface area contributed by atoms with Gasteiger partial charge in [0.25, 0.3) is 0 Å². The van der Waals surface area contributed by atoms with Crippen molar-refractivity contribution in [3.8, 4) is 0 Å². The van der Waals surface area contributed by atoms with Gasteiger partial charge in [-0.05, 0) is 168 Å². The maximum Gasteiger partial charge on any atom is 0.492 e. The number of rotatable bonds is 6. The molecule has 2 N–H and O–H groups in total. The summed E-state index contributed by atoms with van der Waals surface area (Å²) in [5.74, 6) is 1.77. The molecule has 4 aromatic heterocycles. The summed E-state index contributed by atoms with van der Waals surface area (Å²) in [6, 6.07) is 12.3. The van der Waals surface area contributed by atoms with Crippen molar-refractivity contribution in [2.45, 2.75) is 143 Å². The Bertz CT molecular complexity index is 3320. The van der Waals surface area contributed by atoms with Crippen LogP contribution in [0.2, 0.25) is 0 Å². The van der Waals surface area contributed by atoms with E-state index in [9.17, 15) is 19.2 Å². The number of benzene rings is 2. The molecule has 0 radical (unpaired) electrons. The Morgan fingerprint density at radius 3 is 1.67 bits per heavy atom. The maximum absolute atomic E-state index is 12.5. The number of nitrogens with one attached hydrogen (secondary N) is 2. The van der Waals surface area contributed by atoms with Crippen LogP contribution in [-0.2, 0) is 54.1 Å². The molecule has 0 spiro atoms. The Hall–Kier alpha value is -7.04. The van der Waals surface area contributed by atoms with E-state index in [2.05, 4.69) is 63.8 Å². The Labute approximate surface area is 463 Å². The van der Waals surface area contributed by atoms with Crippen LogP contribution in [0.3, 0.4) is 0 Å². The molecule has 410 valence electrons. The lowest BCUT2D eigenvalue weighted by Crippen LogP contribution is -2.41. The molecule has 2 aromatic carbocycles. The second-order valence-corrected chi connectivity index (χ2v) is 23.9. The van der Waals surface area contributed by atoms with Crippen LogP contribution >= 0.6 is 15.9 Å². The summed E-state index contributed by atoms with van der Waals surface area (Å²) in [5.41, 5.74) is 8.49. The standard InChI is InChI=1S/C25H28N6O3.C16H14BrN5O.C15H26BNO4/c1-25(2,3)34-24(33)30-10-9-17(13-30)21-14-31-23(26-15-27-31)22(29-21)28-19-8-7-16-5-4-6-20(32)12-18(16)11-19;17-14-8-22-16(18-9-19-22)15(21-14)20-12-5-4-10-2-1-3-13(23)7-11(10)6-12;1-13(2,3)19-12(18)17-9-8-11(10-17)16-20-14(4,5)15(6,7)21-16/h7-9,11,14-15H,4-6,10,12-13H2,1-3H3,(H,28,29);4-6,8-9H,1-3,7H2,(H,20,21);8H,9-10H2,1-7H3. The third-order valence-electron chi connectivity index (χ3n) is 14.1. The summed E-state index contributed by atoms with van der Waals surface area (Å²) in [4.78, 5) is 69.6. The van der Waals surface area contributed by atoms with E-state index in [0.29, 0.717) is 90.9 Å². The first-order valence-electron chi connectivity index (χ1n) is 26.4. The minimum absolute atomic E-state index is 0.276. The number of anilines is 4. The lowest BCUT2D eigenvalue weighted by Gasteiger charge is -2.32. The number of aryl methyl sites for hydroxylation is 2. The molecule has 78 heavy (non-hydrogen) atoms. The van der Waals surface area contributed by atoms with Crippen LogP contribution in [0.25, 0.3) is 16.9 Å². The average molecular weight is 1130 g/mol. The van der Waals surface area contributed by atoms with Crippen molar-refractivity contribution in [3.63, 3.8) is 0 Å². The van der Waals surface area contributed by atoms with E-state index in [4.69, 9.17) is 23.8 Å². The van der Waals surface area contributed by atoms with Crippen LogP contribution in [-0.4, -0.2) is 128 Å². The van der Waals surface area contributed by atoms with Gasteiger partial charge in [0.15, 0.2) is 22.9 Å². The second kappa shape index (κ2) is 22.4. The highest BCUT2D eigenvalue weighted by Crippen LogP contribution is 2.39. The van der Waals surface area contributed by atoms with Crippen LogP contribution in [0.5, 0.6) is 0 Å². The summed E-state index contributed by atoms with van der Waals surface area (Å²) in [5, 5.41) is 15.1. The van der Waals surface area contributed by atoms with Crippen molar-refractivity contribution in [3.05, 3.63) is 112 Å². The van der Waals surface area contributed by atoms with Crippen molar-refractivity contribution in [1.29, 1.82) is 0 Å². The molecule has 6 aromatic rings. The lowest BCUT2D eigenvalue weighted by molar-refractivity contribution is -0.119. The number of Topliss-reactive ketones (excluding diaryl/α,β-unsaturated/α-hetero) is 2. The molecular formula is C56H68BBrN12O8. The van der Waals surface area contributed by atoms with E-state index in [-0.39, 0.29) is 36.3 Å². The van der Waals surface area contributed by atoms with Crippen molar-refractivity contribution in [1.82, 2.24) is 49.0 Å². The molecule has 20 nitrogen and oxygen atoms in total. The predicted octanol–water partition coefficient (Wildman–Crippen LogP) is 9.82. The normalized spacial score (nSPS) is 17.9. The zero-order chi connectivity index (χ0) is 55.7. The quantitative estimate of drug-likeness (QED) is 0.117. The van der Waals surface area contributed by atoms with Gasteiger partial charge in [-0.2, -0.15) is 10.2 Å². The summed E-state index contributed by atoms with van der Waals surface area (Å²) < 4.78 is 26.9. The Kier molecular flexibility index (Phi) is 16.0. The van der Waals surface area contributed by atoms with E-state index in [1.54, 1.807) is 25.0 Å². The van der Waals surface area contributed by atoms with E-state index in [0.717, 1.165) is 59.2 Å². The van der Waals surface area contributed by atoms with Gasteiger partial charge in [0.05, 0.1) is 35.8 Å². The molecule has 22 heteroatoms. The Morgan fingerprint density at radius 2 is 1.14 bits per heavy atom. The van der Waals surface area contributed by atoms with Gasteiger partial charge in [0, 0.05) is 56.7 Å². The molecule has 2 aliphatic carbocycles. The highest BCUT2D eigenvalue weighted by atomic mass is 79.9. The molecule has 0 saturated carbocycles. The minimum atomic E-state index is -0.548. The van der Waals surface area contributed by atoms with Crippen LogP contribution in [0, 0.1) is 0 Å². The van der Waals surface area contributed by atoms with Crippen LogP contribution in [0.15, 0.2) is 83.7 Å². The molecule has 1 fully saturated rings. The van der Waals surface area contributed by atoms with Gasteiger partial charge in [0.2, 0.25) is 0 Å². The number of amides is 2. The number of nitrogens with zero attached hydrogens (tertiary/aromatic N) is 10. The fraction of sp³-hybridized carbons (Fsp3) is 0.464. The topological polar surface area (TPSA) is 222 Å². The largest absolute Gasteiger partial charge is 0.492 e. The molecule has 11 rings (SSSR count). The third-order valence-corrected chi connectivity index (χ3v) is 14.4. The van der Waals surface area contributed by atoms with Crippen LogP contribution < -0.4 is 10.6 Å². The SMILES string of the molecule is CC(C)(C)OC(=O)N1CC=C(B2OC(C)(C)C(C)(C)O2)C1.CC(C)(C)OC(=O)N1CC=C(c2cn3ncnc3c(Nc3ccc4c(c3)CC(=O)CCC4)n2)C1.O=C1CCCc2ccc(Nc3nc(Br)cn4ncnc34)cc2C1.